The molecule has 0 aromatic heterocycles. The average molecular weight is 84.1 g/mol. The van der Waals surface area contributed by atoms with Gasteiger partial charge in [0, 0.05) is 0 Å². The molecular formula is C3H3NO2. The largest absolute Gasteiger partial charge is 0.458 e. The molecule has 0 radical (unpaired) electrons. The van der Waals surface area contributed by atoms with E-state index in [2.05, 4.69) is 4.74 Å². The second-order valence-electron chi connectivity index (χ2n) is 0.603. The number of carbonyl (C=O) groups excluding carboxylic acids is 1. The number of hydrogen-bond donors (Lipinski definition) is 0. The van der Waals surface area contributed by atoms with E-state index in [9.17, 15) is 4.79 Å². The summed E-state index contributed by atoms with van der Waals surface area (Å²) in [4.78, 5) is 9.60. The third-order valence-electron chi connectivity index (χ3n) is 0.277. The summed E-state index contributed by atoms with van der Waals surface area (Å²) in [7, 11) is 1.16. The van der Waals surface area contributed by atoms with Gasteiger partial charge in [-0.1, -0.05) is 0 Å². The number of methoxy groups -OCH3 is 1. The minimum atomic E-state index is -0.852. The Balaban J connectivity index is 3.33. The summed E-state index contributed by atoms with van der Waals surface area (Å²) in [6.07, 6.45) is 0. The molecule has 6 heavy (non-hydrogen) atoms. The van der Waals surface area contributed by atoms with Gasteiger partial charge in [0.15, 0.2) is 6.07 Å². The van der Waals surface area contributed by atoms with Crippen molar-refractivity contribution in [2.45, 2.75) is 0 Å². The Kier molecular flexibility index (Phi) is 1.83. The number of nitrogens with zero attached hydrogens (tertiary/aromatic N) is 1. The Morgan fingerprint density at radius 1 is 2.00 bits per heavy atom. The second-order valence-corrected chi connectivity index (χ2v) is 0.603. The molecule has 0 fully saturated rings. The fourth-order valence-electron chi connectivity index (χ4n) is 0.0456. The van der Waals surface area contributed by atoms with E-state index >= 15 is 0 Å². The first-order chi connectivity index (χ1) is 2.81. The van der Waals surface area contributed by atoms with Gasteiger partial charge in [0.1, 0.15) is 0 Å². The zero-order chi connectivity index (χ0) is 4.99. The molecule has 0 aliphatic heterocycles. The van der Waals surface area contributed by atoms with Crippen LogP contribution in [0.5, 0.6) is 0 Å². The van der Waals surface area contributed by atoms with Crippen LogP contribution in [0.25, 0.3) is 0 Å². The summed E-state index contributed by atoms with van der Waals surface area (Å²) in [6, 6.07) is 1.25. The number of rotatable bonds is 0. The van der Waals surface area contributed by atoms with Gasteiger partial charge in [-0.2, -0.15) is 5.26 Å². The van der Waals surface area contributed by atoms with Crippen LogP contribution in [0.3, 0.4) is 0 Å². The van der Waals surface area contributed by atoms with E-state index in [1.165, 1.54) is 6.07 Å². The Morgan fingerprint density at radius 3 is 2.50 bits per heavy atom. The third kappa shape index (κ3) is 1.30. The van der Waals surface area contributed by atoms with Gasteiger partial charge in [-0.3, -0.25) is 0 Å². The van der Waals surface area contributed by atoms with E-state index in [-0.39, 0.29) is 0 Å². The molecule has 0 aliphatic rings. The van der Waals surface area contributed by atoms with Crippen LogP contribution in [0, 0.1) is 11.3 Å². The maximum Gasteiger partial charge on any atom is 0.410 e. The number of nitriles is 1. The van der Waals surface area contributed by atoms with E-state index < -0.39 is 5.97 Å². The van der Waals surface area contributed by atoms with Gasteiger partial charge in [0.2, 0.25) is 0 Å². The third-order valence-corrected chi connectivity index (χ3v) is 0.277. The SMILES string of the molecule is COC(=O)[11C]#N. The molecule has 0 rings (SSSR count). The van der Waals surface area contributed by atoms with E-state index in [0.717, 1.165) is 7.11 Å². The van der Waals surface area contributed by atoms with Crippen molar-refractivity contribution in [3.63, 3.8) is 0 Å². The summed E-state index contributed by atoms with van der Waals surface area (Å²) >= 11 is 0. The van der Waals surface area contributed by atoms with Crippen molar-refractivity contribution in [1.29, 1.82) is 5.26 Å². The van der Waals surface area contributed by atoms with Crippen LogP contribution in [0.4, 0.5) is 0 Å². The van der Waals surface area contributed by atoms with Crippen molar-refractivity contribution in [3.8, 4) is 6.07 Å². The molecule has 3 nitrogen and oxygen atoms in total. The van der Waals surface area contributed by atoms with E-state index in [4.69, 9.17) is 5.26 Å². The lowest BCUT2D eigenvalue weighted by Gasteiger charge is -1.77. The molecule has 0 amide bonds. The molecule has 0 unspecified atom stereocenters. The summed E-state index contributed by atoms with van der Waals surface area (Å²) in [5.41, 5.74) is 0. The van der Waals surface area contributed by atoms with Crippen molar-refractivity contribution >= 4 is 5.97 Å². The monoisotopic (exact) mass is 84.0 g/mol. The number of hydrogen-bond acceptors (Lipinski definition) is 3. The van der Waals surface area contributed by atoms with Crippen LogP contribution in [-0.4, -0.2) is 13.1 Å². The zero-order valence-electron chi connectivity index (χ0n) is 3.26. The lowest BCUT2D eigenvalue weighted by Crippen LogP contribution is -1.92. The highest BCUT2D eigenvalue weighted by molar-refractivity contribution is 5.85. The molecule has 0 aromatic carbocycles. The fourth-order valence-corrected chi connectivity index (χ4v) is 0.0456. The number of esters is 1. The van der Waals surface area contributed by atoms with Gasteiger partial charge in [-0.05, 0) is 0 Å². The van der Waals surface area contributed by atoms with E-state index in [0.29, 0.717) is 0 Å². The first kappa shape index (κ1) is 4.96. The molecular weight excluding hydrogens is 81.0 g/mol. The Bertz CT molecular complexity index is 91.5. The molecule has 32 valence electrons. The predicted molar refractivity (Wildman–Crippen MR) is 17.6 cm³/mol. The van der Waals surface area contributed by atoms with Crippen molar-refractivity contribution in [2.75, 3.05) is 7.11 Å². The van der Waals surface area contributed by atoms with E-state index in [1.807, 2.05) is 0 Å². The molecule has 0 saturated heterocycles. The van der Waals surface area contributed by atoms with Crippen LogP contribution in [0.15, 0.2) is 0 Å². The highest BCUT2D eigenvalue weighted by Gasteiger charge is 1.87. The molecule has 0 spiro atoms. The van der Waals surface area contributed by atoms with Gasteiger partial charge in [-0.15, -0.1) is 0 Å². The van der Waals surface area contributed by atoms with Crippen molar-refractivity contribution in [3.05, 3.63) is 0 Å². The minimum absolute atomic E-state index is 0.852. The highest BCUT2D eigenvalue weighted by atomic mass is 16.5. The van der Waals surface area contributed by atoms with Crippen LogP contribution in [0.2, 0.25) is 0 Å². The molecule has 3 heteroatoms. The Morgan fingerprint density at radius 2 is 2.50 bits per heavy atom. The summed E-state index contributed by atoms with van der Waals surface area (Å²) in [5.74, 6) is -0.852. The van der Waals surface area contributed by atoms with Crippen LogP contribution >= 0.6 is 0 Å². The van der Waals surface area contributed by atoms with Gasteiger partial charge < -0.3 is 4.74 Å². The van der Waals surface area contributed by atoms with Crippen molar-refractivity contribution < 1.29 is 9.53 Å². The standard InChI is InChI=1S/C3H3NO2/c1-6-3(5)2-4/h1H3/i2-1. The van der Waals surface area contributed by atoms with Gasteiger partial charge in [-0.25, -0.2) is 4.79 Å². The Labute approximate surface area is 35.1 Å². The molecule has 0 bridgehead atoms. The number of ether oxygens (including phenoxy) is 1. The van der Waals surface area contributed by atoms with Gasteiger partial charge >= 0.3 is 5.97 Å². The molecule has 0 aliphatic carbocycles. The second kappa shape index (κ2) is 2.21. The van der Waals surface area contributed by atoms with Gasteiger partial charge in [0.25, 0.3) is 0 Å². The minimum Gasteiger partial charge on any atom is -0.458 e. The zero-order valence-corrected chi connectivity index (χ0v) is 3.26. The normalized spacial score (nSPS) is 6.00. The van der Waals surface area contributed by atoms with Crippen molar-refractivity contribution in [2.24, 2.45) is 0 Å². The predicted octanol–water partition coefficient (Wildman–Crippen LogP) is -0.317. The molecule has 0 N–H and O–H groups in total. The lowest BCUT2D eigenvalue weighted by atomic mass is 10.2. The topological polar surface area (TPSA) is 50.1 Å². The smallest absolute Gasteiger partial charge is 0.410 e. The van der Waals surface area contributed by atoms with E-state index in [1.54, 1.807) is 0 Å². The fraction of sp³-hybridized carbons (Fsp3) is 0.333. The quantitative estimate of drug-likeness (QED) is 0.298. The maximum absolute atomic E-state index is 9.60. The highest BCUT2D eigenvalue weighted by Crippen LogP contribution is 1.61. The first-order valence-electron chi connectivity index (χ1n) is 1.29. The summed E-state index contributed by atoms with van der Waals surface area (Å²) < 4.78 is 3.90. The summed E-state index contributed by atoms with van der Waals surface area (Å²) in [5, 5.41) is 7.61. The summed E-state index contributed by atoms with van der Waals surface area (Å²) in [6.45, 7) is 0. The molecule has 0 heterocycles. The maximum atomic E-state index is 9.60. The van der Waals surface area contributed by atoms with Crippen LogP contribution < -0.4 is 0 Å². The number of carbonyl (C=O) groups is 1. The van der Waals surface area contributed by atoms with Crippen LogP contribution in [0.1, 0.15) is 0 Å². The Hall–Kier alpha value is -1.04. The first-order valence-corrected chi connectivity index (χ1v) is 1.29. The molecule has 0 aromatic rings. The molecule has 0 atom stereocenters. The van der Waals surface area contributed by atoms with Crippen LogP contribution in [-0.2, 0) is 9.53 Å². The van der Waals surface area contributed by atoms with Gasteiger partial charge in [0.05, 0.1) is 7.11 Å². The average Bonchev–Trinajstić information content (AvgIpc) is 1.65. The van der Waals surface area contributed by atoms with Crippen molar-refractivity contribution in [1.82, 2.24) is 0 Å². The lowest BCUT2D eigenvalue weighted by molar-refractivity contribution is -0.134. The molecule has 0 saturated carbocycles.